The predicted octanol–water partition coefficient (Wildman–Crippen LogP) is 9.54. The number of fused-ring (bicyclic) bond motifs is 6. The Morgan fingerprint density at radius 1 is 0.737 bits per heavy atom. The second-order valence-electron chi connectivity index (χ2n) is 9.61. The van der Waals surface area contributed by atoms with Crippen LogP contribution in [0.25, 0.3) is 43.6 Å². The third-order valence-corrected chi connectivity index (χ3v) is 8.25. The van der Waals surface area contributed by atoms with E-state index in [4.69, 9.17) is 13.8 Å². The maximum absolute atomic E-state index is 6.36. The van der Waals surface area contributed by atoms with Gasteiger partial charge in [0, 0.05) is 28.6 Å². The van der Waals surface area contributed by atoms with Crippen LogP contribution in [-0.4, -0.2) is 4.98 Å². The van der Waals surface area contributed by atoms with E-state index in [1.807, 2.05) is 29.8 Å². The van der Waals surface area contributed by atoms with E-state index in [2.05, 4.69) is 77.7 Å². The van der Waals surface area contributed by atoms with Gasteiger partial charge in [-0.2, -0.15) is 0 Å². The Labute approximate surface area is 223 Å². The number of para-hydroxylation sites is 1. The molecular formula is C33H22N2O2S. The maximum atomic E-state index is 6.36. The summed E-state index contributed by atoms with van der Waals surface area (Å²) in [6.45, 7) is 0. The molecule has 1 aliphatic carbocycles. The van der Waals surface area contributed by atoms with Crippen molar-refractivity contribution in [3.63, 3.8) is 0 Å². The van der Waals surface area contributed by atoms with Gasteiger partial charge in [-0.25, -0.2) is 4.98 Å². The number of furan rings is 2. The van der Waals surface area contributed by atoms with Gasteiger partial charge < -0.3 is 8.83 Å². The first-order valence-corrected chi connectivity index (χ1v) is 13.6. The molecule has 38 heavy (non-hydrogen) atoms. The van der Waals surface area contributed by atoms with Crippen molar-refractivity contribution in [3.8, 4) is 22.3 Å². The quantitative estimate of drug-likeness (QED) is 0.236. The summed E-state index contributed by atoms with van der Waals surface area (Å²) < 4.78 is 13.5. The van der Waals surface area contributed by atoms with E-state index in [0.717, 1.165) is 46.2 Å². The van der Waals surface area contributed by atoms with Gasteiger partial charge in [-0.05, 0) is 65.4 Å². The monoisotopic (exact) mass is 510 g/mol. The second-order valence-corrected chi connectivity index (χ2v) is 10.5. The SMILES string of the molecule is c1ccc(-c2coc3oc(N(c4ccccc4)c4ccc5c(c4)-c4c(ccc6scnc46)CC5)cc23)cc1. The molecule has 8 rings (SSSR count). The van der Waals surface area contributed by atoms with Gasteiger partial charge in [0.25, 0.3) is 5.78 Å². The molecule has 0 saturated heterocycles. The molecule has 4 nitrogen and oxygen atoms in total. The summed E-state index contributed by atoms with van der Waals surface area (Å²) >= 11 is 1.69. The van der Waals surface area contributed by atoms with Gasteiger partial charge in [-0.3, -0.25) is 4.90 Å². The van der Waals surface area contributed by atoms with Crippen LogP contribution in [0.2, 0.25) is 0 Å². The number of thiazole rings is 1. The van der Waals surface area contributed by atoms with Gasteiger partial charge in [-0.1, -0.05) is 60.7 Å². The molecule has 0 fully saturated rings. The third kappa shape index (κ3) is 3.32. The molecule has 4 aromatic carbocycles. The number of hydrogen-bond acceptors (Lipinski definition) is 5. The first kappa shape index (κ1) is 21.5. The first-order chi connectivity index (χ1) is 18.8. The molecule has 3 aromatic heterocycles. The van der Waals surface area contributed by atoms with E-state index < -0.39 is 0 Å². The van der Waals surface area contributed by atoms with Crippen LogP contribution in [-0.2, 0) is 12.8 Å². The van der Waals surface area contributed by atoms with Crippen molar-refractivity contribution in [2.45, 2.75) is 12.8 Å². The Balaban J connectivity index is 1.32. The van der Waals surface area contributed by atoms with Crippen LogP contribution in [0.15, 0.2) is 118 Å². The highest BCUT2D eigenvalue weighted by Crippen LogP contribution is 2.45. The molecule has 182 valence electrons. The van der Waals surface area contributed by atoms with Crippen LogP contribution in [0.3, 0.4) is 0 Å². The number of rotatable bonds is 4. The minimum atomic E-state index is 0.521. The van der Waals surface area contributed by atoms with Gasteiger partial charge in [0.15, 0.2) is 0 Å². The predicted molar refractivity (Wildman–Crippen MR) is 155 cm³/mol. The van der Waals surface area contributed by atoms with Gasteiger partial charge in [-0.15, -0.1) is 11.3 Å². The van der Waals surface area contributed by atoms with Crippen molar-refractivity contribution in [2.75, 3.05) is 4.90 Å². The lowest BCUT2D eigenvalue weighted by atomic mass is 9.84. The molecule has 0 unspecified atom stereocenters. The molecule has 0 N–H and O–H groups in total. The van der Waals surface area contributed by atoms with Gasteiger partial charge in [0.05, 0.1) is 21.1 Å². The summed E-state index contributed by atoms with van der Waals surface area (Å²) in [6.07, 6.45) is 3.83. The summed E-state index contributed by atoms with van der Waals surface area (Å²) in [7, 11) is 0. The highest BCUT2D eigenvalue weighted by atomic mass is 32.1. The van der Waals surface area contributed by atoms with Gasteiger partial charge in [0.1, 0.15) is 6.26 Å². The molecule has 1 aliphatic rings. The van der Waals surface area contributed by atoms with Crippen LogP contribution in [0.1, 0.15) is 11.1 Å². The van der Waals surface area contributed by atoms with Crippen LogP contribution >= 0.6 is 11.3 Å². The number of nitrogens with zero attached hydrogens (tertiary/aromatic N) is 2. The van der Waals surface area contributed by atoms with Gasteiger partial charge >= 0.3 is 0 Å². The lowest BCUT2D eigenvalue weighted by molar-refractivity contribution is 0.483. The summed E-state index contributed by atoms with van der Waals surface area (Å²) in [5.74, 6) is 1.23. The van der Waals surface area contributed by atoms with Crippen LogP contribution < -0.4 is 4.90 Å². The van der Waals surface area contributed by atoms with Crippen LogP contribution in [0.5, 0.6) is 0 Å². The van der Waals surface area contributed by atoms with E-state index in [1.165, 1.54) is 27.0 Å². The van der Waals surface area contributed by atoms with Crippen molar-refractivity contribution < 1.29 is 8.83 Å². The summed E-state index contributed by atoms with van der Waals surface area (Å²) in [6, 6.07) is 33.9. The third-order valence-electron chi connectivity index (χ3n) is 7.45. The average molecular weight is 511 g/mol. The summed E-state index contributed by atoms with van der Waals surface area (Å²) in [4.78, 5) is 6.92. The Morgan fingerprint density at radius 2 is 1.53 bits per heavy atom. The van der Waals surface area contributed by atoms with Crippen molar-refractivity contribution in [1.29, 1.82) is 0 Å². The molecule has 0 bridgehead atoms. The molecule has 3 heterocycles. The van der Waals surface area contributed by atoms with E-state index >= 15 is 0 Å². The number of anilines is 3. The van der Waals surface area contributed by atoms with E-state index in [0.29, 0.717) is 11.7 Å². The fourth-order valence-corrected chi connectivity index (χ4v) is 6.34. The molecule has 0 spiro atoms. The highest BCUT2D eigenvalue weighted by molar-refractivity contribution is 7.16. The average Bonchev–Trinajstić information content (AvgIpc) is 3.70. The first-order valence-electron chi connectivity index (χ1n) is 12.7. The molecule has 0 atom stereocenters. The number of aromatic nitrogens is 1. The topological polar surface area (TPSA) is 42.4 Å². The zero-order valence-electron chi connectivity index (χ0n) is 20.4. The smallest absolute Gasteiger partial charge is 0.299 e. The lowest BCUT2D eigenvalue weighted by Gasteiger charge is -2.26. The normalized spacial score (nSPS) is 12.5. The summed E-state index contributed by atoms with van der Waals surface area (Å²) in [5, 5.41) is 0.958. The number of hydrogen-bond donors (Lipinski definition) is 0. The molecule has 0 saturated carbocycles. The van der Waals surface area contributed by atoms with E-state index in [9.17, 15) is 0 Å². The minimum Gasteiger partial charge on any atom is -0.433 e. The van der Waals surface area contributed by atoms with E-state index in [-0.39, 0.29) is 0 Å². The van der Waals surface area contributed by atoms with Crippen molar-refractivity contribution in [2.24, 2.45) is 0 Å². The molecule has 0 amide bonds. The Morgan fingerprint density at radius 3 is 2.39 bits per heavy atom. The van der Waals surface area contributed by atoms with Crippen LogP contribution in [0, 0.1) is 0 Å². The Bertz CT molecular complexity index is 1930. The standard InChI is InChI=1S/C33H22N2O2S/c1-3-7-21(8-4-1)28-19-36-33-27(28)18-30(37-33)35(24-9-5-2-6-10-24)25-15-13-22-11-12-23-14-16-29-32(34-20-38-29)31(23)26(22)17-25/h1-10,13-20H,11-12H2. The zero-order valence-corrected chi connectivity index (χ0v) is 21.2. The fourth-order valence-electron chi connectivity index (χ4n) is 5.65. The van der Waals surface area contributed by atoms with E-state index in [1.54, 1.807) is 17.6 Å². The minimum absolute atomic E-state index is 0.521. The van der Waals surface area contributed by atoms with Crippen LogP contribution in [0.4, 0.5) is 17.3 Å². The van der Waals surface area contributed by atoms with Crippen molar-refractivity contribution in [3.05, 3.63) is 120 Å². The molecule has 0 radical (unpaired) electrons. The van der Waals surface area contributed by atoms with Crippen molar-refractivity contribution in [1.82, 2.24) is 4.98 Å². The number of aryl methyl sites for hydroxylation is 2. The highest BCUT2D eigenvalue weighted by Gasteiger charge is 2.24. The molecular weight excluding hydrogens is 488 g/mol. The molecule has 0 aliphatic heterocycles. The Kier molecular flexibility index (Phi) is 4.79. The Hall–Kier alpha value is -4.61. The van der Waals surface area contributed by atoms with Gasteiger partial charge in [0.2, 0.25) is 5.88 Å². The fraction of sp³-hybridized carbons (Fsp3) is 0.0606. The molecule has 7 aromatic rings. The summed E-state index contributed by atoms with van der Waals surface area (Å²) in [5.41, 5.74) is 12.5. The number of benzene rings is 4. The lowest BCUT2D eigenvalue weighted by Crippen LogP contribution is -2.11. The maximum Gasteiger partial charge on any atom is 0.299 e. The van der Waals surface area contributed by atoms with Crippen molar-refractivity contribution >= 4 is 50.0 Å². The second kappa shape index (κ2) is 8.47. The largest absolute Gasteiger partial charge is 0.433 e. The molecule has 5 heteroatoms. The zero-order chi connectivity index (χ0) is 25.1.